The number of hydrogen-bond acceptors (Lipinski definition) is 2. The summed E-state index contributed by atoms with van der Waals surface area (Å²) in [6.45, 7) is 7.16. The van der Waals surface area contributed by atoms with Crippen molar-refractivity contribution in [3.63, 3.8) is 0 Å². The van der Waals surface area contributed by atoms with Gasteiger partial charge in [-0.15, -0.1) is 0 Å². The Hall–Kier alpha value is -2.13. The van der Waals surface area contributed by atoms with Crippen molar-refractivity contribution in [3.8, 4) is 0 Å². The van der Waals surface area contributed by atoms with Crippen LogP contribution in [0.25, 0.3) is 0 Å². The molecule has 0 radical (unpaired) electrons. The molecule has 0 saturated carbocycles. The summed E-state index contributed by atoms with van der Waals surface area (Å²) in [7, 11) is 0. The van der Waals surface area contributed by atoms with Crippen LogP contribution in [0.3, 0.4) is 0 Å². The van der Waals surface area contributed by atoms with Crippen LogP contribution in [0.15, 0.2) is 60.7 Å². The van der Waals surface area contributed by atoms with Gasteiger partial charge >= 0.3 is 0 Å². The predicted molar refractivity (Wildman–Crippen MR) is 111 cm³/mol. The van der Waals surface area contributed by atoms with E-state index in [0.717, 1.165) is 32.5 Å². The van der Waals surface area contributed by atoms with Gasteiger partial charge in [0, 0.05) is 38.1 Å². The quantitative estimate of drug-likeness (QED) is 0.687. The molecular weight excluding hydrogens is 332 g/mol. The van der Waals surface area contributed by atoms with Crippen LogP contribution in [0.2, 0.25) is 0 Å². The summed E-state index contributed by atoms with van der Waals surface area (Å²) in [5.41, 5.74) is 2.59. The summed E-state index contributed by atoms with van der Waals surface area (Å²) in [5, 5.41) is 0. The molecule has 27 heavy (non-hydrogen) atoms. The predicted octanol–water partition coefficient (Wildman–Crippen LogP) is 5.04. The lowest BCUT2D eigenvalue weighted by Gasteiger charge is -2.36. The summed E-state index contributed by atoms with van der Waals surface area (Å²) < 4.78 is 0. The highest BCUT2D eigenvalue weighted by atomic mass is 16.2. The minimum absolute atomic E-state index is 0.190. The van der Waals surface area contributed by atoms with Gasteiger partial charge in [-0.25, -0.2) is 0 Å². The van der Waals surface area contributed by atoms with Gasteiger partial charge < -0.3 is 4.90 Å². The molecule has 2 atom stereocenters. The third-order valence-corrected chi connectivity index (χ3v) is 5.73. The van der Waals surface area contributed by atoms with Gasteiger partial charge in [-0.05, 0) is 44.2 Å². The molecule has 1 fully saturated rings. The molecule has 1 aliphatic rings. The molecule has 1 saturated heterocycles. The second kappa shape index (κ2) is 9.70. The minimum Gasteiger partial charge on any atom is -0.343 e. The topological polar surface area (TPSA) is 23.6 Å². The SMILES string of the molecule is C[C@H](CC(=O)N1CCCCC1)N(Cc1ccccc1)[C@H](C)c1ccccc1. The first-order chi connectivity index (χ1) is 13.1. The molecule has 3 heteroatoms. The van der Waals surface area contributed by atoms with Gasteiger partial charge in [0.05, 0.1) is 0 Å². The van der Waals surface area contributed by atoms with Crippen molar-refractivity contribution in [2.75, 3.05) is 13.1 Å². The lowest BCUT2D eigenvalue weighted by atomic mass is 10.0. The van der Waals surface area contributed by atoms with Gasteiger partial charge in [-0.3, -0.25) is 9.69 Å². The van der Waals surface area contributed by atoms with E-state index in [-0.39, 0.29) is 12.1 Å². The van der Waals surface area contributed by atoms with E-state index in [4.69, 9.17) is 0 Å². The van der Waals surface area contributed by atoms with Crippen molar-refractivity contribution >= 4 is 5.91 Å². The zero-order chi connectivity index (χ0) is 19.1. The van der Waals surface area contributed by atoms with Crippen LogP contribution >= 0.6 is 0 Å². The highest BCUT2D eigenvalue weighted by Gasteiger charge is 2.26. The molecule has 3 rings (SSSR count). The molecule has 1 heterocycles. The van der Waals surface area contributed by atoms with E-state index in [2.05, 4.69) is 84.3 Å². The normalized spacial score (nSPS) is 16.9. The first-order valence-corrected chi connectivity index (χ1v) is 10.3. The van der Waals surface area contributed by atoms with E-state index in [1.807, 2.05) is 0 Å². The smallest absolute Gasteiger partial charge is 0.224 e. The fraction of sp³-hybridized carbons (Fsp3) is 0.458. The van der Waals surface area contributed by atoms with Crippen LogP contribution in [0.5, 0.6) is 0 Å². The second-order valence-electron chi connectivity index (χ2n) is 7.74. The van der Waals surface area contributed by atoms with Gasteiger partial charge in [-0.1, -0.05) is 60.7 Å². The van der Waals surface area contributed by atoms with Crippen molar-refractivity contribution in [3.05, 3.63) is 71.8 Å². The number of nitrogens with zero attached hydrogens (tertiary/aromatic N) is 2. The number of carbonyl (C=O) groups excluding carboxylic acids is 1. The number of piperidine rings is 1. The molecule has 0 unspecified atom stereocenters. The van der Waals surface area contributed by atoms with E-state index >= 15 is 0 Å². The standard InChI is InChI=1S/C24H32N2O/c1-20(18-24(27)25-16-10-5-11-17-25)26(19-22-12-6-3-7-13-22)21(2)23-14-8-4-9-15-23/h3-4,6-9,12-15,20-21H,5,10-11,16-19H2,1-2H3/t20-,21-/m1/s1. The van der Waals surface area contributed by atoms with Crippen LogP contribution < -0.4 is 0 Å². The monoisotopic (exact) mass is 364 g/mol. The fourth-order valence-electron chi connectivity index (χ4n) is 4.03. The molecule has 0 bridgehead atoms. The molecule has 1 aliphatic heterocycles. The highest BCUT2D eigenvalue weighted by Crippen LogP contribution is 2.26. The summed E-state index contributed by atoms with van der Waals surface area (Å²) in [6.07, 6.45) is 4.14. The number of amides is 1. The Morgan fingerprint density at radius 1 is 0.926 bits per heavy atom. The maximum atomic E-state index is 12.8. The average Bonchev–Trinajstić information content (AvgIpc) is 2.73. The van der Waals surface area contributed by atoms with Gasteiger partial charge in [0.15, 0.2) is 0 Å². The molecule has 2 aromatic carbocycles. The largest absolute Gasteiger partial charge is 0.343 e. The summed E-state index contributed by atoms with van der Waals surface area (Å²) in [6, 6.07) is 21.6. The average molecular weight is 365 g/mol. The molecule has 0 spiro atoms. The van der Waals surface area contributed by atoms with Gasteiger partial charge in [-0.2, -0.15) is 0 Å². The first-order valence-electron chi connectivity index (χ1n) is 10.3. The number of hydrogen-bond donors (Lipinski definition) is 0. The van der Waals surface area contributed by atoms with Crippen molar-refractivity contribution in [1.29, 1.82) is 0 Å². The summed E-state index contributed by atoms with van der Waals surface area (Å²) >= 11 is 0. The third kappa shape index (κ3) is 5.43. The van der Waals surface area contributed by atoms with Crippen molar-refractivity contribution in [1.82, 2.24) is 9.80 Å². The van der Waals surface area contributed by atoms with E-state index in [0.29, 0.717) is 12.3 Å². The Bertz CT molecular complexity index is 695. The maximum absolute atomic E-state index is 12.8. The molecule has 0 aliphatic carbocycles. The molecular formula is C24H32N2O. The summed E-state index contributed by atoms with van der Waals surface area (Å²) in [5.74, 6) is 0.306. The Labute approximate surface area is 164 Å². The minimum atomic E-state index is 0.190. The first kappa shape index (κ1) is 19.6. The second-order valence-corrected chi connectivity index (χ2v) is 7.74. The lowest BCUT2D eigenvalue weighted by molar-refractivity contribution is -0.133. The van der Waals surface area contributed by atoms with E-state index in [1.54, 1.807) is 0 Å². The Morgan fingerprint density at radius 2 is 1.52 bits per heavy atom. The van der Waals surface area contributed by atoms with Gasteiger partial charge in [0.25, 0.3) is 0 Å². The molecule has 0 N–H and O–H groups in total. The van der Waals surface area contributed by atoms with Gasteiger partial charge in [0.1, 0.15) is 0 Å². The molecule has 144 valence electrons. The number of benzene rings is 2. The highest BCUT2D eigenvalue weighted by molar-refractivity contribution is 5.76. The summed E-state index contributed by atoms with van der Waals surface area (Å²) in [4.78, 5) is 17.4. The van der Waals surface area contributed by atoms with Crippen molar-refractivity contribution < 1.29 is 4.79 Å². The number of carbonyl (C=O) groups is 1. The zero-order valence-electron chi connectivity index (χ0n) is 16.7. The Morgan fingerprint density at radius 3 is 2.15 bits per heavy atom. The Balaban J connectivity index is 1.74. The van der Waals surface area contributed by atoms with Crippen LogP contribution in [0, 0.1) is 0 Å². The van der Waals surface area contributed by atoms with Crippen LogP contribution in [-0.2, 0) is 11.3 Å². The number of rotatable bonds is 7. The third-order valence-electron chi connectivity index (χ3n) is 5.73. The van der Waals surface area contributed by atoms with E-state index in [1.165, 1.54) is 17.5 Å². The fourth-order valence-corrected chi connectivity index (χ4v) is 4.03. The van der Waals surface area contributed by atoms with Crippen LogP contribution in [-0.4, -0.2) is 34.8 Å². The van der Waals surface area contributed by atoms with Gasteiger partial charge in [0.2, 0.25) is 5.91 Å². The van der Waals surface area contributed by atoms with E-state index < -0.39 is 0 Å². The molecule has 3 nitrogen and oxygen atoms in total. The zero-order valence-corrected chi connectivity index (χ0v) is 16.7. The maximum Gasteiger partial charge on any atom is 0.224 e. The van der Waals surface area contributed by atoms with Crippen molar-refractivity contribution in [2.24, 2.45) is 0 Å². The van der Waals surface area contributed by atoms with E-state index in [9.17, 15) is 4.79 Å². The molecule has 2 aromatic rings. The lowest BCUT2D eigenvalue weighted by Crippen LogP contribution is -2.42. The number of likely N-dealkylation sites (tertiary alicyclic amines) is 1. The van der Waals surface area contributed by atoms with Crippen LogP contribution in [0.1, 0.15) is 56.7 Å². The van der Waals surface area contributed by atoms with Crippen LogP contribution in [0.4, 0.5) is 0 Å². The molecule has 1 amide bonds. The van der Waals surface area contributed by atoms with Crippen molar-refractivity contribution in [2.45, 2.75) is 58.2 Å². The Kier molecular flexibility index (Phi) is 7.05. The molecule has 0 aromatic heterocycles.